The highest BCUT2D eigenvalue weighted by molar-refractivity contribution is 7.44. The van der Waals surface area contributed by atoms with E-state index in [1.54, 1.807) is 0 Å². The lowest BCUT2D eigenvalue weighted by molar-refractivity contribution is 0.0289. The predicted molar refractivity (Wildman–Crippen MR) is 127 cm³/mol. The van der Waals surface area contributed by atoms with Crippen LogP contribution in [0.3, 0.4) is 0 Å². The number of fused-ring (bicyclic) bond motifs is 2. The highest BCUT2D eigenvalue weighted by Gasteiger charge is 2.49. The van der Waals surface area contributed by atoms with Crippen LogP contribution in [-0.4, -0.2) is 21.9 Å². The first-order valence-electron chi connectivity index (χ1n) is 11.4. The van der Waals surface area contributed by atoms with E-state index < -0.39 is 8.53 Å². The van der Waals surface area contributed by atoms with Gasteiger partial charge in [-0.2, -0.15) is 0 Å². The van der Waals surface area contributed by atoms with Gasteiger partial charge in [-0.1, -0.05) is 29.4 Å². The van der Waals surface area contributed by atoms with E-state index in [-0.39, 0.29) is 17.2 Å². The van der Waals surface area contributed by atoms with E-state index in [4.69, 9.17) is 9.05 Å². The minimum Gasteiger partial charge on any atom is -0.440 e. The third kappa shape index (κ3) is 3.90. The lowest BCUT2D eigenvalue weighted by atomic mass is 9.82. The van der Waals surface area contributed by atoms with Crippen molar-refractivity contribution < 1.29 is 9.05 Å². The molecule has 4 heteroatoms. The molecule has 0 radical (unpaired) electrons. The SMILES string of the molecule is CC1=C/C2=C3\CCC(C)=CC3=C(C)OP(N3C(C)(C)CCCC3(C)C)OC2C(C)=C1. The molecule has 3 nitrogen and oxygen atoms in total. The molecule has 1 fully saturated rings. The van der Waals surface area contributed by atoms with Gasteiger partial charge in [0.25, 0.3) is 0 Å². The van der Waals surface area contributed by atoms with Gasteiger partial charge in [0, 0.05) is 16.7 Å². The summed E-state index contributed by atoms with van der Waals surface area (Å²) >= 11 is 0. The van der Waals surface area contributed by atoms with Crippen LogP contribution in [0.15, 0.2) is 57.4 Å². The summed E-state index contributed by atoms with van der Waals surface area (Å²) in [7, 11) is -1.24. The molecule has 2 aliphatic heterocycles. The molecule has 2 unspecified atom stereocenters. The average molecular weight is 428 g/mol. The Morgan fingerprint density at radius 2 is 1.60 bits per heavy atom. The van der Waals surface area contributed by atoms with Crippen LogP contribution in [0.2, 0.25) is 0 Å². The Bertz CT molecular complexity index is 884. The molecule has 2 aliphatic carbocycles. The van der Waals surface area contributed by atoms with Gasteiger partial charge >= 0.3 is 8.53 Å². The minimum absolute atomic E-state index is 0.0294. The van der Waals surface area contributed by atoms with Crippen molar-refractivity contribution in [1.29, 1.82) is 0 Å². The highest BCUT2D eigenvalue weighted by atomic mass is 31.2. The molecule has 2 heterocycles. The van der Waals surface area contributed by atoms with E-state index in [2.05, 4.69) is 78.3 Å². The van der Waals surface area contributed by atoms with Gasteiger partial charge in [0.1, 0.15) is 11.9 Å². The van der Waals surface area contributed by atoms with Crippen molar-refractivity contribution in [3.63, 3.8) is 0 Å². The summed E-state index contributed by atoms with van der Waals surface area (Å²) in [5, 5.41) is 0. The standard InChI is InChI=1S/C26H38NO2P/c1-17-10-11-21-22(15-17)20(4)28-30(27-25(5,6)12-9-13-26(27,7)8)29-24-19(3)14-18(2)16-23(21)24/h14-16,24H,9-13H2,1-8H3/b22-20?,23-21-. The number of allylic oxidation sites excluding steroid dienone is 7. The fourth-order valence-electron chi connectivity index (χ4n) is 5.70. The maximum absolute atomic E-state index is 6.96. The molecule has 2 atom stereocenters. The van der Waals surface area contributed by atoms with Crippen molar-refractivity contribution in [1.82, 2.24) is 4.67 Å². The Hall–Kier alpha value is -1.15. The van der Waals surface area contributed by atoms with Crippen LogP contribution in [0.5, 0.6) is 0 Å². The van der Waals surface area contributed by atoms with Gasteiger partial charge in [0.15, 0.2) is 0 Å². The quantitative estimate of drug-likeness (QED) is 0.397. The Kier molecular flexibility index (Phi) is 5.71. The molecular formula is C26H38NO2P. The zero-order chi connectivity index (χ0) is 21.8. The summed E-state index contributed by atoms with van der Waals surface area (Å²) in [5.74, 6) is 1.01. The summed E-state index contributed by atoms with van der Waals surface area (Å²) in [6.07, 6.45) is 12.7. The van der Waals surface area contributed by atoms with Gasteiger partial charge in [-0.3, -0.25) is 4.52 Å². The minimum atomic E-state index is -1.24. The molecule has 0 bridgehead atoms. The smallest absolute Gasteiger partial charge is 0.322 e. The predicted octanol–water partition coefficient (Wildman–Crippen LogP) is 7.89. The largest absolute Gasteiger partial charge is 0.440 e. The number of rotatable bonds is 1. The van der Waals surface area contributed by atoms with Crippen LogP contribution in [0.4, 0.5) is 0 Å². The molecule has 0 aromatic rings. The Morgan fingerprint density at radius 1 is 0.933 bits per heavy atom. The summed E-state index contributed by atoms with van der Waals surface area (Å²) in [6.45, 7) is 18.2. The van der Waals surface area contributed by atoms with Crippen LogP contribution >= 0.6 is 8.53 Å². The molecule has 0 aromatic heterocycles. The zero-order valence-corrected chi connectivity index (χ0v) is 21.0. The molecule has 4 aliphatic rings. The Balaban J connectivity index is 1.87. The topological polar surface area (TPSA) is 21.7 Å². The maximum atomic E-state index is 6.96. The van der Waals surface area contributed by atoms with Crippen LogP contribution in [0.25, 0.3) is 0 Å². The molecule has 1 saturated heterocycles. The Labute approximate surface area is 184 Å². The first-order chi connectivity index (χ1) is 14.0. The van der Waals surface area contributed by atoms with E-state index in [1.165, 1.54) is 52.7 Å². The van der Waals surface area contributed by atoms with Crippen molar-refractivity contribution in [2.75, 3.05) is 0 Å². The fraction of sp³-hybridized carbons (Fsp3) is 0.615. The molecular weight excluding hydrogens is 389 g/mol. The Morgan fingerprint density at radius 3 is 2.27 bits per heavy atom. The molecule has 0 saturated carbocycles. The number of hydrogen-bond acceptors (Lipinski definition) is 3. The second-order valence-corrected chi connectivity index (χ2v) is 12.0. The molecule has 0 aromatic carbocycles. The van der Waals surface area contributed by atoms with E-state index in [0.29, 0.717) is 0 Å². The van der Waals surface area contributed by atoms with Gasteiger partial charge in [-0.25, -0.2) is 4.67 Å². The van der Waals surface area contributed by atoms with Gasteiger partial charge in [0.05, 0.1) is 0 Å². The normalized spacial score (nSPS) is 33.9. The van der Waals surface area contributed by atoms with Gasteiger partial charge < -0.3 is 4.52 Å². The van der Waals surface area contributed by atoms with E-state index >= 15 is 0 Å². The van der Waals surface area contributed by atoms with Crippen LogP contribution in [-0.2, 0) is 9.05 Å². The molecule has 0 amide bonds. The van der Waals surface area contributed by atoms with Gasteiger partial charge in [0.2, 0.25) is 0 Å². The van der Waals surface area contributed by atoms with Crippen LogP contribution in [0.1, 0.15) is 87.5 Å². The van der Waals surface area contributed by atoms with Crippen molar-refractivity contribution in [3.05, 3.63) is 57.4 Å². The maximum Gasteiger partial charge on any atom is 0.322 e. The molecule has 0 N–H and O–H groups in total. The van der Waals surface area contributed by atoms with E-state index in [9.17, 15) is 0 Å². The average Bonchev–Trinajstić information content (AvgIpc) is 2.61. The number of nitrogens with zero attached hydrogens (tertiary/aromatic N) is 1. The summed E-state index contributed by atoms with van der Waals surface area (Å²) < 4.78 is 16.3. The summed E-state index contributed by atoms with van der Waals surface area (Å²) in [4.78, 5) is 0. The summed E-state index contributed by atoms with van der Waals surface area (Å²) in [6, 6.07) is 0. The number of hydrogen-bond donors (Lipinski definition) is 0. The molecule has 4 rings (SSSR count). The highest BCUT2D eigenvalue weighted by Crippen LogP contribution is 2.60. The van der Waals surface area contributed by atoms with Crippen molar-refractivity contribution >= 4 is 8.53 Å². The fourth-order valence-corrected chi connectivity index (χ4v) is 7.79. The van der Waals surface area contributed by atoms with E-state index in [0.717, 1.165) is 18.6 Å². The third-order valence-corrected chi connectivity index (χ3v) is 9.28. The van der Waals surface area contributed by atoms with Crippen LogP contribution < -0.4 is 0 Å². The molecule has 30 heavy (non-hydrogen) atoms. The first-order valence-corrected chi connectivity index (χ1v) is 12.6. The molecule has 164 valence electrons. The van der Waals surface area contributed by atoms with Crippen molar-refractivity contribution in [2.45, 2.75) is 105 Å². The van der Waals surface area contributed by atoms with Crippen LogP contribution in [0, 0.1) is 0 Å². The third-order valence-electron chi connectivity index (χ3n) is 7.05. The van der Waals surface area contributed by atoms with Crippen molar-refractivity contribution in [2.24, 2.45) is 0 Å². The summed E-state index contributed by atoms with van der Waals surface area (Å²) in [5.41, 5.74) is 8.13. The zero-order valence-electron chi connectivity index (χ0n) is 20.1. The lowest BCUT2D eigenvalue weighted by Gasteiger charge is -2.54. The van der Waals surface area contributed by atoms with Gasteiger partial charge in [-0.05, 0) is 104 Å². The second-order valence-electron chi connectivity index (χ2n) is 10.8. The number of piperidine rings is 1. The van der Waals surface area contributed by atoms with Crippen molar-refractivity contribution in [3.8, 4) is 0 Å². The molecule has 0 spiro atoms. The van der Waals surface area contributed by atoms with Gasteiger partial charge in [-0.15, -0.1) is 0 Å². The van der Waals surface area contributed by atoms with E-state index in [1.807, 2.05) is 0 Å². The monoisotopic (exact) mass is 427 g/mol. The second kappa shape index (κ2) is 7.76. The first kappa shape index (κ1) is 22.1. The lowest BCUT2D eigenvalue weighted by Crippen LogP contribution is -2.56.